The van der Waals surface area contributed by atoms with Crippen molar-refractivity contribution < 1.29 is 37.0 Å². The third-order valence-electron chi connectivity index (χ3n) is 5.11. The summed E-state index contributed by atoms with van der Waals surface area (Å²) in [4.78, 5) is 30.2. The number of rotatable bonds is 5. The Kier molecular flexibility index (Phi) is 7.75. The van der Waals surface area contributed by atoms with E-state index in [0.717, 1.165) is 19.3 Å². The molecule has 4 rings (SSSR count). The first-order valence-electron chi connectivity index (χ1n) is 10.2. The maximum absolute atomic E-state index is 13.8. The van der Waals surface area contributed by atoms with Gasteiger partial charge in [0.2, 0.25) is 0 Å². The predicted molar refractivity (Wildman–Crippen MR) is 120 cm³/mol. The van der Waals surface area contributed by atoms with Gasteiger partial charge >= 0.3 is 12.1 Å². The molecule has 1 saturated carbocycles. The zero-order valence-electron chi connectivity index (χ0n) is 18.2. The number of benzene rings is 1. The molecule has 1 aromatic carbocycles. The molecule has 3 aromatic rings. The van der Waals surface area contributed by atoms with Gasteiger partial charge in [-0.2, -0.15) is 13.2 Å². The second kappa shape index (κ2) is 10.4. The van der Waals surface area contributed by atoms with E-state index in [-0.39, 0.29) is 12.1 Å². The number of ether oxygens (including phenoxy) is 1. The van der Waals surface area contributed by atoms with E-state index in [2.05, 4.69) is 15.3 Å². The molecule has 0 saturated heterocycles. The van der Waals surface area contributed by atoms with Crippen LogP contribution in [-0.2, 0) is 4.79 Å². The van der Waals surface area contributed by atoms with Gasteiger partial charge in [0.15, 0.2) is 0 Å². The van der Waals surface area contributed by atoms with Crippen LogP contribution in [0, 0.1) is 12.7 Å². The largest absolute Gasteiger partial charge is 0.490 e. The lowest BCUT2D eigenvalue weighted by molar-refractivity contribution is -0.192. The van der Waals surface area contributed by atoms with Crippen LogP contribution in [0.5, 0.6) is 5.75 Å². The van der Waals surface area contributed by atoms with E-state index in [4.69, 9.17) is 26.1 Å². The molecular formula is C21H21F4N5O4S. The number of anilines is 2. The molecule has 1 aliphatic rings. The number of carboxylic acid groups (broad SMARTS) is 1. The van der Waals surface area contributed by atoms with Gasteiger partial charge in [-0.3, -0.25) is 4.79 Å². The van der Waals surface area contributed by atoms with E-state index in [1.165, 1.54) is 29.8 Å². The molecule has 14 heteroatoms. The summed E-state index contributed by atoms with van der Waals surface area (Å²) >= 11 is 1.22. The summed E-state index contributed by atoms with van der Waals surface area (Å²) in [5.74, 6) is -2.75. The highest BCUT2D eigenvalue weighted by Crippen LogP contribution is 2.37. The summed E-state index contributed by atoms with van der Waals surface area (Å²) in [5, 5.41) is 11.0. The Hall–Kier alpha value is -3.52. The smallest absolute Gasteiger partial charge is 0.488 e. The van der Waals surface area contributed by atoms with Crippen molar-refractivity contribution in [1.29, 1.82) is 0 Å². The zero-order chi connectivity index (χ0) is 25.9. The van der Waals surface area contributed by atoms with Crippen molar-refractivity contribution in [3.63, 3.8) is 0 Å². The Morgan fingerprint density at radius 1 is 1.26 bits per heavy atom. The van der Waals surface area contributed by atoms with E-state index >= 15 is 0 Å². The molecule has 1 amide bonds. The van der Waals surface area contributed by atoms with Crippen molar-refractivity contribution in [3.8, 4) is 5.75 Å². The Balaban J connectivity index is 0.000000429. The Morgan fingerprint density at radius 2 is 1.94 bits per heavy atom. The highest BCUT2D eigenvalue weighted by molar-refractivity contribution is 7.20. The number of hydrogen-bond acceptors (Lipinski definition) is 8. The van der Waals surface area contributed by atoms with Gasteiger partial charge in [-0.25, -0.2) is 19.2 Å². The van der Waals surface area contributed by atoms with Crippen LogP contribution >= 0.6 is 11.3 Å². The predicted octanol–water partition coefficient (Wildman–Crippen LogP) is 3.87. The first-order chi connectivity index (χ1) is 16.4. The minimum atomic E-state index is -5.08. The van der Waals surface area contributed by atoms with Gasteiger partial charge < -0.3 is 26.6 Å². The molecule has 2 heterocycles. The fourth-order valence-corrected chi connectivity index (χ4v) is 4.49. The third kappa shape index (κ3) is 6.33. The van der Waals surface area contributed by atoms with E-state index in [0.29, 0.717) is 37.9 Å². The van der Waals surface area contributed by atoms with E-state index in [1.54, 1.807) is 13.0 Å². The highest BCUT2D eigenvalue weighted by atomic mass is 32.1. The molecule has 6 N–H and O–H groups in total. The lowest BCUT2D eigenvalue weighted by Gasteiger charge is -2.18. The van der Waals surface area contributed by atoms with Crippen molar-refractivity contribution in [1.82, 2.24) is 9.97 Å². The Bertz CT molecular complexity index is 1250. The molecule has 0 bridgehead atoms. The maximum Gasteiger partial charge on any atom is 0.490 e. The number of nitrogens with one attached hydrogen (secondary N) is 1. The van der Waals surface area contributed by atoms with Crippen LogP contribution in [0.1, 0.15) is 34.5 Å². The number of carboxylic acids is 1. The van der Waals surface area contributed by atoms with Gasteiger partial charge in [-0.1, -0.05) is 0 Å². The van der Waals surface area contributed by atoms with E-state index < -0.39 is 23.9 Å². The number of alkyl halides is 3. The van der Waals surface area contributed by atoms with Crippen molar-refractivity contribution in [2.24, 2.45) is 11.5 Å². The number of nitrogens with zero attached hydrogens (tertiary/aromatic N) is 2. The van der Waals surface area contributed by atoms with Crippen molar-refractivity contribution in [2.45, 2.75) is 44.5 Å². The number of halogens is 4. The normalized spacial score (nSPS) is 17.5. The van der Waals surface area contributed by atoms with Crippen LogP contribution in [0.15, 0.2) is 24.5 Å². The molecule has 0 spiro atoms. The van der Waals surface area contributed by atoms with Gasteiger partial charge in [0.25, 0.3) is 5.91 Å². The number of aromatic nitrogens is 2. The number of primary amides is 1. The molecule has 0 unspecified atom stereocenters. The van der Waals surface area contributed by atoms with Gasteiger partial charge in [-0.05, 0) is 43.9 Å². The lowest BCUT2D eigenvalue weighted by Crippen LogP contribution is -2.21. The van der Waals surface area contributed by atoms with Crippen molar-refractivity contribution in [2.75, 3.05) is 5.32 Å². The first kappa shape index (κ1) is 26.1. The SMILES string of the molecule is Cc1c(C(N)=O)sc2ncnc(Nc3ccc(F)cc3O[C@H]3CC[C@H](N)C3)c12.O=C(O)C(F)(F)F. The molecular weight excluding hydrogens is 494 g/mol. The van der Waals surface area contributed by atoms with Crippen molar-refractivity contribution >= 4 is 44.9 Å². The number of amides is 1. The summed E-state index contributed by atoms with van der Waals surface area (Å²) in [6.45, 7) is 1.80. The number of nitrogens with two attached hydrogens (primary N) is 2. The fourth-order valence-electron chi connectivity index (χ4n) is 3.49. The number of carbonyl (C=O) groups excluding carboxylic acids is 1. The quantitative estimate of drug-likeness (QED) is 0.374. The number of hydrogen-bond donors (Lipinski definition) is 4. The number of aliphatic carboxylic acids is 1. The van der Waals surface area contributed by atoms with Crippen LogP contribution < -0.4 is 21.5 Å². The van der Waals surface area contributed by atoms with Crippen LogP contribution in [-0.4, -0.2) is 45.3 Å². The zero-order valence-corrected chi connectivity index (χ0v) is 19.0. The number of carbonyl (C=O) groups is 2. The average molecular weight is 515 g/mol. The van der Waals surface area contributed by atoms with Crippen LogP contribution in [0.3, 0.4) is 0 Å². The van der Waals surface area contributed by atoms with Crippen LogP contribution in [0.2, 0.25) is 0 Å². The summed E-state index contributed by atoms with van der Waals surface area (Å²) < 4.78 is 51.6. The second-order valence-electron chi connectivity index (χ2n) is 7.70. The molecule has 2 aromatic heterocycles. The number of fused-ring (bicyclic) bond motifs is 1. The van der Waals surface area contributed by atoms with Crippen molar-refractivity contribution in [3.05, 3.63) is 40.8 Å². The Morgan fingerprint density at radius 3 is 2.51 bits per heavy atom. The molecule has 0 aliphatic heterocycles. The molecule has 0 radical (unpaired) electrons. The maximum atomic E-state index is 13.8. The average Bonchev–Trinajstić information content (AvgIpc) is 3.33. The molecule has 1 aliphatic carbocycles. The molecule has 1 fully saturated rings. The summed E-state index contributed by atoms with van der Waals surface area (Å²) in [5.41, 5.74) is 12.7. The first-order valence-corrected chi connectivity index (χ1v) is 11.0. The topological polar surface area (TPSA) is 153 Å². The monoisotopic (exact) mass is 515 g/mol. The third-order valence-corrected chi connectivity index (χ3v) is 6.32. The number of aryl methyl sites for hydroxylation is 1. The van der Waals surface area contributed by atoms with Crippen LogP contribution in [0.25, 0.3) is 10.2 Å². The molecule has 188 valence electrons. The van der Waals surface area contributed by atoms with Gasteiger partial charge in [-0.15, -0.1) is 11.3 Å². The van der Waals surface area contributed by atoms with Crippen LogP contribution in [0.4, 0.5) is 29.1 Å². The molecule has 2 atom stereocenters. The van der Waals surface area contributed by atoms with E-state index in [9.17, 15) is 22.4 Å². The fraction of sp³-hybridized carbons (Fsp3) is 0.333. The summed E-state index contributed by atoms with van der Waals surface area (Å²) in [7, 11) is 0. The van der Waals surface area contributed by atoms with Gasteiger partial charge in [0.05, 0.1) is 16.0 Å². The number of thiophene rings is 1. The minimum Gasteiger partial charge on any atom is -0.488 e. The minimum absolute atomic E-state index is 0.0490. The highest BCUT2D eigenvalue weighted by Gasteiger charge is 2.38. The second-order valence-corrected chi connectivity index (χ2v) is 8.70. The molecule has 35 heavy (non-hydrogen) atoms. The standard InChI is InChI=1S/C19H20FN5O2S.C2HF3O2/c1-9-15-18(23-8-24-19(15)28-16(9)17(22)26)25-13-5-2-10(20)6-14(13)27-12-4-3-11(21)7-12;3-2(4,5)1(6)7/h2,5-6,8,11-12H,3-4,7,21H2,1H3,(H2,22,26)(H,23,24,25);(H,6,7)/t11-,12-;/m0./s1. The van der Waals surface area contributed by atoms with Gasteiger partial charge in [0, 0.05) is 12.1 Å². The summed E-state index contributed by atoms with van der Waals surface area (Å²) in [6.07, 6.45) is -1.27. The van der Waals surface area contributed by atoms with E-state index in [1.807, 2.05) is 0 Å². The molecule has 9 nitrogen and oxygen atoms in total. The van der Waals surface area contributed by atoms with Gasteiger partial charge in [0.1, 0.15) is 34.6 Å². The lowest BCUT2D eigenvalue weighted by atomic mass is 10.2. The summed E-state index contributed by atoms with van der Waals surface area (Å²) in [6, 6.07) is 4.41. The Labute approximate surface area is 200 Å².